The third kappa shape index (κ3) is 4.85. The van der Waals surface area contributed by atoms with Crippen molar-refractivity contribution in [3.05, 3.63) is 47.4 Å². The van der Waals surface area contributed by atoms with Gasteiger partial charge in [0.05, 0.1) is 11.3 Å². The van der Waals surface area contributed by atoms with E-state index < -0.39 is 51.5 Å². The molecule has 0 unspecified atom stereocenters. The Labute approximate surface area is 180 Å². The number of furan rings is 1. The van der Waals surface area contributed by atoms with Gasteiger partial charge in [-0.3, -0.25) is 4.79 Å². The minimum absolute atomic E-state index is 0.118. The van der Waals surface area contributed by atoms with Crippen LogP contribution in [0.3, 0.4) is 0 Å². The molecule has 0 fully saturated rings. The number of amides is 1. The summed E-state index contributed by atoms with van der Waals surface area (Å²) in [6.07, 6.45) is -4.91. The summed E-state index contributed by atoms with van der Waals surface area (Å²) < 4.78 is 74.8. The number of phenolic OH excluding ortho intramolecular Hbond substituents is 1. The number of nitrogens with one attached hydrogen (secondary N) is 2. The van der Waals surface area contributed by atoms with Crippen molar-refractivity contribution in [1.82, 2.24) is 9.62 Å². The van der Waals surface area contributed by atoms with E-state index in [0.717, 1.165) is 6.07 Å². The van der Waals surface area contributed by atoms with E-state index in [4.69, 9.17) is 4.42 Å². The number of amidine groups is 2. The van der Waals surface area contributed by atoms with Crippen LogP contribution < -0.4 is 10.0 Å². The molecule has 3 rings (SSSR count). The molecule has 0 saturated heterocycles. The number of alkyl halides is 3. The maximum absolute atomic E-state index is 13.6. The van der Waals surface area contributed by atoms with Crippen LogP contribution in [-0.2, 0) is 10.2 Å². The number of phenols is 1. The van der Waals surface area contributed by atoms with Crippen molar-refractivity contribution in [2.45, 2.75) is 19.1 Å². The van der Waals surface area contributed by atoms with E-state index in [1.165, 1.54) is 50.2 Å². The first-order chi connectivity index (χ1) is 14.8. The van der Waals surface area contributed by atoms with Gasteiger partial charge in [-0.05, 0) is 31.2 Å². The normalized spacial score (nSPS) is 17.6. The first kappa shape index (κ1) is 23.1. The van der Waals surface area contributed by atoms with Crippen LogP contribution in [0.15, 0.2) is 44.1 Å². The van der Waals surface area contributed by atoms with Gasteiger partial charge < -0.3 is 19.7 Å². The highest BCUT2D eigenvalue weighted by atomic mass is 32.2. The van der Waals surface area contributed by atoms with Crippen LogP contribution in [-0.4, -0.2) is 56.3 Å². The number of hydrogen-bond donors (Lipinski definition) is 3. The third-order valence-corrected chi connectivity index (χ3v) is 5.06. The van der Waals surface area contributed by atoms with Crippen molar-refractivity contribution in [1.29, 1.82) is 0 Å². The quantitative estimate of drug-likeness (QED) is 0.583. The van der Waals surface area contributed by atoms with E-state index in [1.54, 1.807) is 0 Å². The topological polar surface area (TPSA) is 137 Å². The van der Waals surface area contributed by atoms with Gasteiger partial charge in [0.2, 0.25) is 6.04 Å². The number of anilines is 1. The summed E-state index contributed by atoms with van der Waals surface area (Å²) in [5.41, 5.74) is -0.285. The Morgan fingerprint density at radius 2 is 1.97 bits per heavy atom. The summed E-state index contributed by atoms with van der Waals surface area (Å²) in [7, 11) is -1.48. The lowest BCUT2D eigenvalue weighted by atomic mass is 10.1. The molecular weight excluding hydrogens is 455 g/mol. The first-order valence-electron chi connectivity index (χ1n) is 8.93. The second-order valence-electron chi connectivity index (χ2n) is 6.91. The van der Waals surface area contributed by atoms with Gasteiger partial charge in [-0.1, -0.05) is 6.07 Å². The molecule has 1 atom stereocenters. The lowest BCUT2D eigenvalue weighted by Crippen LogP contribution is -2.33. The minimum Gasteiger partial charge on any atom is -0.505 e. The second-order valence-corrected chi connectivity index (χ2v) is 8.25. The van der Waals surface area contributed by atoms with Crippen molar-refractivity contribution in [2.24, 2.45) is 9.39 Å². The van der Waals surface area contributed by atoms with E-state index in [0.29, 0.717) is 0 Å². The van der Waals surface area contributed by atoms with Crippen molar-refractivity contribution < 1.29 is 35.9 Å². The molecule has 1 aromatic carbocycles. The number of aryl methyl sites for hydroxylation is 1. The average molecular weight is 473 g/mol. The lowest BCUT2D eigenvalue weighted by Gasteiger charge is -2.16. The molecule has 2 heterocycles. The fraction of sp³-hybridized carbons (Fsp3) is 0.278. The number of hydrogen-bond acceptors (Lipinski definition) is 7. The number of aliphatic imine (C=N–C) groups is 1. The predicted molar refractivity (Wildman–Crippen MR) is 109 cm³/mol. The number of rotatable bonds is 4. The Bertz CT molecular complexity index is 1220. The number of benzene rings is 1. The minimum atomic E-state index is -4.91. The third-order valence-electron chi connectivity index (χ3n) is 4.19. The van der Waals surface area contributed by atoms with Crippen LogP contribution in [0, 0.1) is 6.92 Å². The van der Waals surface area contributed by atoms with E-state index in [2.05, 4.69) is 14.7 Å². The van der Waals surface area contributed by atoms with Crippen molar-refractivity contribution in [3.63, 3.8) is 0 Å². The van der Waals surface area contributed by atoms with Crippen molar-refractivity contribution in [2.75, 3.05) is 19.4 Å². The molecule has 1 aliphatic rings. The summed E-state index contributed by atoms with van der Waals surface area (Å²) in [6.45, 7) is 1.45. The van der Waals surface area contributed by atoms with Gasteiger partial charge in [0.25, 0.3) is 5.91 Å². The van der Waals surface area contributed by atoms with Crippen LogP contribution >= 0.6 is 0 Å². The zero-order chi connectivity index (χ0) is 23.8. The van der Waals surface area contributed by atoms with E-state index in [1.807, 2.05) is 4.72 Å². The highest BCUT2D eigenvalue weighted by Gasteiger charge is 2.44. The van der Waals surface area contributed by atoms with Gasteiger partial charge in [0, 0.05) is 14.1 Å². The van der Waals surface area contributed by atoms with Crippen LogP contribution in [0.2, 0.25) is 0 Å². The summed E-state index contributed by atoms with van der Waals surface area (Å²) in [5.74, 6) is -2.79. The number of nitrogens with zero attached hydrogens (tertiary/aromatic N) is 3. The molecule has 3 N–H and O–H groups in total. The monoisotopic (exact) mass is 473 g/mol. The molecular formula is C18H18F3N5O5S. The van der Waals surface area contributed by atoms with Crippen molar-refractivity contribution >= 4 is 33.5 Å². The number of carbonyl (C=O) groups excluding carboxylic acids is 1. The SMILES string of the molecule is Cc1ccc([C@H](N=C2NS(=O)(=O)N=C2Nc2cccc(C(=O)N(C)C)c2O)C(F)(F)F)o1. The molecule has 14 heteroatoms. The van der Waals surface area contributed by atoms with Crippen LogP contribution in [0.4, 0.5) is 18.9 Å². The Morgan fingerprint density at radius 3 is 2.53 bits per heavy atom. The molecule has 1 aromatic heterocycles. The van der Waals surface area contributed by atoms with Gasteiger partial charge in [0.15, 0.2) is 17.4 Å². The van der Waals surface area contributed by atoms with Gasteiger partial charge in [0.1, 0.15) is 11.5 Å². The number of aromatic hydroxyl groups is 1. The average Bonchev–Trinajstić information content (AvgIpc) is 3.21. The number of carbonyl (C=O) groups is 1. The molecule has 0 aliphatic carbocycles. The van der Waals surface area contributed by atoms with Gasteiger partial charge in [-0.15, -0.1) is 4.40 Å². The molecule has 172 valence electrons. The molecule has 0 bridgehead atoms. The second kappa shape index (κ2) is 8.18. The molecule has 0 radical (unpaired) electrons. The van der Waals surface area contributed by atoms with Crippen LogP contribution in [0.1, 0.15) is 27.9 Å². The zero-order valence-corrected chi connectivity index (χ0v) is 17.7. The highest BCUT2D eigenvalue weighted by molar-refractivity contribution is 7.89. The zero-order valence-electron chi connectivity index (χ0n) is 16.9. The Kier molecular flexibility index (Phi) is 5.91. The Balaban J connectivity index is 2.02. The standard InChI is InChI=1S/C18H18F3N5O5S/c1-9-7-8-12(31-9)14(18(19,20)21)23-16-15(24-32(29,30)25-16)22-11-6-4-5-10(13(11)27)17(28)26(2)3/h4-8,14,27H,1-3H3,(H,22,24)(H,23,25)/t14-/m0/s1. The van der Waals surface area contributed by atoms with Crippen LogP contribution in [0.5, 0.6) is 5.75 Å². The Morgan fingerprint density at radius 1 is 1.28 bits per heavy atom. The maximum atomic E-state index is 13.6. The van der Waals surface area contributed by atoms with E-state index in [9.17, 15) is 31.5 Å². The van der Waals surface area contributed by atoms with E-state index in [-0.39, 0.29) is 17.0 Å². The summed E-state index contributed by atoms with van der Waals surface area (Å²) >= 11 is 0. The van der Waals surface area contributed by atoms with Crippen molar-refractivity contribution in [3.8, 4) is 5.75 Å². The summed E-state index contributed by atoms with van der Waals surface area (Å²) in [6, 6.07) is 3.86. The predicted octanol–water partition coefficient (Wildman–Crippen LogP) is 2.36. The largest absolute Gasteiger partial charge is 0.505 e. The fourth-order valence-corrected chi connectivity index (χ4v) is 3.55. The van der Waals surface area contributed by atoms with Gasteiger partial charge >= 0.3 is 16.4 Å². The number of halogens is 3. The molecule has 0 spiro atoms. The fourth-order valence-electron chi connectivity index (χ4n) is 2.74. The Hall–Kier alpha value is -3.55. The summed E-state index contributed by atoms with van der Waals surface area (Å²) in [5, 5.41) is 12.8. The molecule has 2 aromatic rings. The van der Waals surface area contributed by atoms with Gasteiger partial charge in [-0.2, -0.15) is 21.6 Å². The number of para-hydroxylation sites is 1. The highest BCUT2D eigenvalue weighted by Crippen LogP contribution is 2.37. The molecule has 1 aliphatic heterocycles. The lowest BCUT2D eigenvalue weighted by molar-refractivity contribution is -0.152. The van der Waals surface area contributed by atoms with E-state index >= 15 is 0 Å². The van der Waals surface area contributed by atoms with Crippen LogP contribution in [0.25, 0.3) is 0 Å². The smallest absolute Gasteiger partial charge is 0.418 e. The van der Waals surface area contributed by atoms with Gasteiger partial charge in [-0.25, -0.2) is 9.71 Å². The molecule has 10 nitrogen and oxygen atoms in total. The maximum Gasteiger partial charge on any atom is 0.418 e. The molecule has 32 heavy (non-hydrogen) atoms. The molecule has 0 saturated carbocycles. The summed E-state index contributed by atoms with van der Waals surface area (Å²) in [4.78, 5) is 16.9. The molecule has 1 amide bonds. The first-order valence-corrected chi connectivity index (χ1v) is 10.4.